The van der Waals surface area contributed by atoms with Crippen LogP contribution in [0.25, 0.3) is 0 Å². The van der Waals surface area contributed by atoms with Crippen LogP contribution < -0.4 is 20.1 Å². The summed E-state index contributed by atoms with van der Waals surface area (Å²) in [5, 5.41) is 6.64. The summed E-state index contributed by atoms with van der Waals surface area (Å²) in [5.41, 5.74) is 2.02. The molecule has 0 heterocycles. The van der Waals surface area contributed by atoms with Crippen LogP contribution in [0.1, 0.15) is 33.9 Å². The average Bonchev–Trinajstić information content (AvgIpc) is 3.14. The predicted octanol–water partition coefficient (Wildman–Crippen LogP) is 3.15. The van der Waals surface area contributed by atoms with Crippen LogP contribution in [0.2, 0.25) is 0 Å². The van der Waals surface area contributed by atoms with E-state index in [1.807, 2.05) is 6.07 Å². The second-order valence-electron chi connectivity index (χ2n) is 6.54. The van der Waals surface area contributed by atoms with Crippen LogP contribution in [0.3, 0.4) is 0 Å². The normalized spacial score (nSPS) is 14.7. The topological polar surface area (TPSA) is 68.8 Å². The predicted molar refractivity (Wildman–Crippen MR) is 111 cm³/mol. The molecule has 1 atom stereocenters. The van der Waals surface area contributed by atoms with E-state index in [0.717, 1.165) is 17.5 Å². The van der Waals surface area contributed by atoms with Crippen LogP contribution in [-0.2, 0) is 11.2 Å². The lowest BCUT2D eigenvalue weighted by molar-refractivity contribution is 0.0512. The van der Waals surface area contributed by atoms with E-state index in [9.17, 15) is 9.18 Å². The maximum atomic E-state index is 13.8. The Morgan fingerprint density at radius 3 is 2.62 bits per heavy atom. The number of thiocarbonyl (C=S) groups is 1. The highest BCUT2D eigenvalue weighted by Crippen LogP contribution is 2.32. The molecule has 29 heavy (non-hydrogen) atoms. The number of ether oxygens (including phenoxy) is 3. The van der Waals surface area contributed by atoms with E-state index < -0.39 is 5.97 Å². The lowest BCUT2D eigenvalue weighted by Gasteiger charge is -2.17. The fourth-order valence-electron chi connectivity index (χ4n) is 3.29. The Bertz CT molecular complexity index is 884. The number of carbonyl (C=O) groups excluding carboxylic acids is 1. The second kappa shape index (κ2) is 9.56. The van der Waals surface area contributed by atoms with Gasteiger partial charge in [-0.05, 0) is 54.4 Å². The van der Waals surface area contributed by atoms with Gasteiger partial charge in [0.05, 0.1) is 32.4 Å². The number of hydrogen-bond acceptors (Lipinski definition) is 5. The van der Waals surface area contributed by atoms with E-state index in [1.54, 1.807) is 24.3 Å². The molecule has 6 nitrogen and oxygen atoms in total. The van der Waals surface area contributed by atoms with Gasteiger partial charge in [-0.2, -0.15) is 0 Å². The first-order chi connectivity index (χ1) is 14.0. The number of methoxy groups -OCH3 is 2. The van der Waals surface area contributed by atoms with E-state index in [-0.39, 0.29) is 18.5 Å². The lowest BCUT2D eigenvalue weighted by Crippen LogP contribution is -2.38. The number of fused-ring (bicyclic) bond motifs is 1. The molecule has 0 aromatic heterocycles. The van der Waals surface area contributed by atoms with Crippen LogP contribution in [0.15, 0.2) is 36.4 Å². The van der Waals surface area contributed by atoms with Crippen molar-refractivity contribution >= 4 is 23.3 Å². The van der Waals surface area contributed by atoms with Crippen LogP contribution >= 0.6 is 12.2 Å². The SMILES string of the molecule is COc1cc(OC)cc(C(=O)OCCNC(=S)NC2CCc3c(F)cccc32)c1. The number of rotatable bonds is 7. The standard InChI is InChI=1S/C21H23FN2O4S/c1-26-14-10-13(11-15(12-14)27-2)20(25)28-9-8-23-21(29)24-19-7-6-16-17(19)4-3-5-18(16)22/h3-5,10-12,19H,6-9H2,1-2H3,(H2,23,24,29). The third-order valence-electron chi connectivity index (χ3n) is 4.73. The maximum Gasteiger partial charge on any atom is 0.338 e. The van der Waals surface area contributed by atoms with Gasteiger partial charge < -0.3 is 24.8 Å². The largest absolute Gasteiger partial charge is 0.497 e. The Morgan fingerprint density at radius 1 is 1.21 bits per heavy atom. The van der Waals surface area contributed by atoms with Crippen molar-refractivity contribution in [2.45, 2.75) is 18.9 Å². The first-order valence-corrected chi connectivity index (χ1v) is 9.64. The number of halogens is 1. The van der Waals surface area contributed by atoms with Gasteiger partial charge in [-0.3, -0.25) is 0 Å². The van der Waals surface area contributed by atoms with Crippen molar-refractivity contribution < 1.29 is 23.4 Å². The van der Waals surface area contributed by atoms with Gasteiger partial charge in [0.1, 0.15) is 23.9 Å². The van der Waals surface area contributed by atoms with Gasteiger partial charge >= 0.3 is 5.97 Å². The molecule has 1 aliphatic rings. The summed E-state index contributed by atoms with van der Waals surface area (Å²) >= 11 is 5.30. The molecule has 0 fully saturated rings. The van der Waals surface area contributed by atoms with Gasteiger partial charge in [0.25, 0.3) is 0 Å². The summed E-state index contributed by atoms with van der Waals surface area (Å²) in [4.78, 5) is 12.2. The molecule has 3 rings (SSSR count). The summed E-state index contributed by atoms with van der Waals surface area (Å²) in [6, 6.07) is 9.92. The molecule has 1 unspecified atom stereocenters. The van der Waals surface area contributed by atoms with Crippen molar-refractivity contribution in [2.75, 3.05) is 27.4 Å². The Kier molecular flexibility index (Phi) is 6.87. The molecule has 2 aromatic rings. The minimum absolute atomic E-state index is 0.0208. The molecule has 0 saturated heterocycles. The van der Waals surface area contributed by atoms with Crippen molar-refractivity contribution in [3.05, 3.63) is 58.9 Å². The number of nitrogens with one attached hydrogen (secondary N) is 2. The molecule has 0 aliphatic heterocycles. The van der Waals surface area contributed by atoms with Gasteiger partial charge in [0.15, 0.2) is 5.11 Å². The van der Waals surface area contributed by atoms with E-state index in [0.29, 0.717) is 35.1 Å². The summed E-state index contributed by atoms with van der Waals surface area (Å²) in [6.45, 7) is 0.484. The third kappa shape index (κ3) is 5.14. The van der Waals surface area contributed by atoms with Gasteiger partial charge in [0, 0.05) is 6.07 Å². The van der Waals surface area contributed by atoms with Crippen LogP contribution in [0.5, 0.6) is 11.5 Å². The molecule has 0 bridgehead atoms. The molecule has 0 saturated carbocycles. The number of esters is 1. The molecule has 8 heteroatoms. The minimum atomic E-state index is -0.483. The molecule has 154 valence electrons. The van der Waals surface area contributed by atoms with Crippen LogP contribution in [0, 0.1) is 5.82 Å². The van der Waals surface area contributed by atoms with Gasteiger partial charge in [-0.1, -0.05) is 12.1 Å². The molecule has 2 N–H and O–H groups in total. The Hall–Kier alpha value is -2.87. The van der Waals surface area contributed by atoms with Crippen molar-refractivity contribution in [1.82, 2.24) is 10.6 Å². The number of carbonyl (C=O) groups is 1. The fourth-order valence-corrected chi connectivity index (χ4v) is 3.53. The first kappa shape index (κ1) is 20.9. The lowest BCUT2D eigenvalue weighted by atomic mass is 10.1. The summed E-state index contributed by atoms with van der Waals surface area (Å²) in [7, 11) is 3.03. The third-order valence-corrected chi connectivity index (χ3v) is 4.99. The number of hydrogen-bond donors (Lipinski definition) is 2. The van der Waals surface area contributed by atoms with E-state index in [2.05, 4.69) is 10.6 Å². The molecule has 0 amide bonds. The first-order valence-electron chi connectivity index (χ1n) is 9.23. The molecule has 2 aromatic carbocycles. The smallest absolute Gasteiger partial charge is 0.338 e. The molecule has 0 radical (unpaired) electrons. The Labute approximate surface area is 174 Å². The fraction of sp³-hybridized carbons (Fsp3) is 0.333. The van der Waals surface area contributed by atoms with E-state index in [4.69, 9.17) is 26.4 Å². The minimum Gasteiger partial charge on any atom is -0.497 e. The summed E-state index contributed by atoms with van der Waals surface area (Å²) in [6.07, 6.45) is 1.47. The zero-order valence-corrected chi connectivity index (χ0v) is 17.1. The highest BCUT2D eigenvalue weighted by molar-refractivity contribution is 7.80. The quantitative estimate of drug-likeness (QED) is 0.407. The summed E-state index contributed by atoms with van der Waals surface area (Å²) in [5.74, 6) is 0.357. The zero-order chi connectivity index (χ0) is 20.8. The van der Waals surface area contributed by atoms with Crippen LogP contribution in [-0.4, -0.2) is 38.5 Å². The highest BCUT2D eigenvalue weighted by Gasteiger charge is 2.25. The van der Waals surface area contributed by atoms with E-state index >= 15 is 0 Å². The van der Waals surface area contributed by atoms with Gasteiger partial charge in [-0.15, -0.1) is 0 Å². The molecular formula is C21H23FN2O4S. The zero-order valence-electron chi connectivity index (χ0n) is 16.3. The summed E-state index contributed by atoms with van der Waals surface area (Å²) < 4.78 is 29.4. The van der Waals surface area contributed by atoms with Gasteiger partial charge in [0.2, 0.25) is 0 Å². The molecular weight excluding hydrogens is 395 g/mol. The van der Waals surface area contributed by atoms with Gasteiger partial charge in [-0.25, -0.2) is 9.18 Å². The monoisotopic (exact) mass is 418 g/mol. The van der Waals surface area contributed by atoms with Crippen molar-refractivity contribution in [3.8, 4) is 11.5 Å². The van der Waals surface area contributed by atoms with Crippen molar-refractivity contribution in [1.29, 1.82) is 0 Å². The number of benzene rings is 2. The second-order valence-corrected chi connectivity index (χ2v) is 6.94. The van der Waals surface area contributed by atoms with Crippen molar-refractivity contribution in [2.24, 2.45) is 0 Å². The Morgan fingerprint density at radius 2 is 1.93 bits per heavy atom. The molecule has 1 aliphatic carbocycles. The highest BCUT2D eigenvalue weighted by atomic mass is 32.1. The van der Waals surface area contributed by atoms with Crippen LogP contribution in [0.4, 0.5) is 4.39 Å². The Balaban J connectivity index is 1.45. The van der Waals surface area contributed by atoms with E-state index in [1.165, 1.54) is 20.3 Å². The average molecular weight is 418 g/mol. The van der Waals surface area contributed by atoms with Crippen molar-refractivity contribution in [3.63, 3.8) is 0 Å². The maximum absolute atomic E-state index is 13.8. The molecule has 0 spiro atoms.